The van der Waals surface area contributed by atoms with Crippen molar-refractivity contribution in [3.05, 3.63) is 59.7 Å². The zero-order valence-corrected chi connectivity index (χ0v) is 16.1. The molecule has 0 heterocycles. The van der Waals surface area contributed by atoms with Crippen molar-refractivity contribution in [2.24, 2.45) is 0 Å². The first-order valence-electron chi connectivity index (χ1n) is 8.65. The summed E-state index contributed by atoms with van der Waals surface area (Å²) in [4.78, 5) is 24.6. The van der Waals surface area contributed by atoms with Crippen LogP contribution in [0.1, 0.15) is 36.7 Å². The van der Waals surface area contributed by atoms with Crippen LogP contribution in [0.4, 0.5) is 23.7 Å². The van der Waals surface area contributed by atoms with Gasteiger partial charge in [0.1, 0.15) is 11.4 Å². The summed E-state index contributed by atoms with van der Waals surface area (Å²) in [6.07, 6.45) is -5.77. The van der Waals surface area contributed by atoms with E-state index >= 15 is 0 Å². The van der Waals surface area contributed by atoms with Gasteiger partial charge < -0.3 is 14.8 Å². The molecule has 0 aliphatic carbocycles. The number of anilines is 1. The Balaban J connectivity index is 2.24. The Morgan fingerprint density at radius 1 is 1.00 bits per heavy atom. The van der Waals surface area contributed by atoms with Crippen LogP contribution in [0.15, 0.2) is 48.5 Å². The minimum atomic E-state index is -4.92. The lowest BCUT2D eigenvalue weighted by Gasteiger charge is -2.20. The van der Waals surface area contributed by atoms with E-state index < -0.39 is 29.7 Å². The number of amides is 2. The first-order chi connectivity index (χ1) is 13.4. The largest absolute Gasteiger partial charge is 0.573 e. The van der Waals surface area contributed by atoms with E-state index in [1.807, 2.05) is 6.07 Å². The molecular weight excluding hydrogens is 389 g/mol. The van der Waals surface area contributed by atoms with Crippen molar-refractivity contribution in [2.45, 2.75) is 39.3 Å². The van der Waals surface area contributed by atoms with Crippen molar-refractivity contribution in [3.8, 4) is 5.75 Å². The summed E-state index contributed by atoms with van der Waals surface area (Å²) < 4.78 is 46.6. The Bertz CT molecular complexity index is 862. The number of benzene rings is 2. The molecule has 0 spiro atoms. The first kappa shape index (κ1) is 22.1. The van der Waals surface area contributed by atoms with Gasteiger partial charge in [0, 0.05) is 6.54 Å². The Kier molecular flexibility index (Phi) is 6.73. The minimum absolute atomic E-state index is 0.0145. The highest BCUT2D eigenvalue weighted by molar-refractivity contribution is 6.03. The average molecular weight is 410 g/mol. The van der Waals surface area contributed by atoms with Crippen LogP contribution in [0.3, 0.4) is 0 Å². The van der Waals surface area contributed by atoms with Crippen LogP contribution in [0.2, 0.25) is 0 Å². The summed E-state index contributed by atoms with van der Waals surface area (Å²) in [5.74, 6) is -1.27. The molecule has 9 heteroatoms. The zero-order valence-electron chi connectivity index (χ0n) is 16.1. The summed E-state index contributed by atoms with van der Waals surface area (Å²) in [7, 11) is 0. The zero-order chi connectivity index (χ0) is 21.7. The van der Waals surface area contributed by atoms with E-state index in [0.717, 1.165) is 23.8 Å². The molecule has 0 fully saturated rings. The SMILES string of the molecule is CC(C)(C)OC(=O)Nc1ccc(OC(F)(F)F)cc1C(=O)NCc1ccccc1. The third-order valence-corrected chi connectivity index (χ3v) is 3.40. The van der Waals surface area contributed by atoms with Gasteiger partial charge in [0.15, 0.2) is 0 Å². The number of halogens is 3. The molecule has 2 aromatic carbocycles. The van der Waals surface area contributed by atoms with Crippen molar-refractivity contribution >= 4 is 17.7 Å². The van der Waals surface area contributed by atoms with Crippen molar-refractivity contribution in [2.75, 3.05) is 5.32 Å². The van der Waals surface area contributed by atoms with Crippen molar-refractivity contribution in [3.63, 3.8) is 0 Å². The normalized spacial score (nSPS) is 11.5. The summed E-state index contributed by atoms with van der Waals surface area (Å²) in [5, 5.41) is 4.98. The highest BCUT2D eigenvalue weighted by Crippen LogP contribution is 2.28. The van der Waals surface area contributed by atoms with Crippen molar-refractivity contribution < 1.29 is 32.2 Å². The van der Waals surface area contributed by atoms with Gasteiger partial charge in [-0.1, -0.05) is 30.3 Å². The van der Waals surface area contributed by atoms with E-state index in [1.54, 1.807) is 45.0 Å². The molecule has 2 N–H and O–H groups in total. The van der Waals surface area contributed by atoms with E-state index in [9.17, 15) is 22.8 Å². The second-order valence-electron chi connectivity index (χ2n) is 7.05. The maximum absolute atomic E-state index is 12.6. The van der Waals surface area contributed by atoms with Crippen LogP contribution >= 0.6 is 0 Å². The monoisotopic (exact) mass is 410 g/mol. The molecule has 0 atom stereocenters. The lowest BCUT2D eigenvalue weighted by molar-refractivity contribution is -0.274. The van der Waals surface area contributed by atoms with Crippen LogP contribution in [0, 0.1) is 0 Å². The molecule has 2 rings (SSSR count). The fourth-order valence-electron chi connectivity index (χ4n) is 2.30. The number of nitrogens with one attached hydrogen (secondary N) is 2. The van der Waals surface area contributed by atoms with Gasteiger partial charge >= 0.3 is 12.5 Å². The van der Waals surface area contributed by atoms with E-state index in [0.29, 0.717) is 0 Å². The van der Waals surface area contributed by atoms with Crippen LogP contribution in [0.5, 0.6) is 5.75 Å². The van der Waals surface area contributed by atoms with Gasteiger partial charge in [-0.2, -0.15) is 0 Å². The van der Waals surface area contributed by atoms with Gasteiger partial charge in [-0.25, -0.2) is 4.79 Å². The third kappa shape index (κ3) is 7.73. The fourth-order valence-corrected chi connectivity index (χ4v) is 2.30. The van der Waals surface area contributed by atoms with E-state index in [1.165, 1.54) is 0 Å². The maximum atomic E-state index is 12.6. The van der Waals surface area contributed by atoms with E-state index in [4.69, 9.17) is 4.74 Å². The molecule has 0 saturated carbocycles. The van der Waals surface area contributed by atoms with Gasteiger partial charge in [-0.3, -0.25) is 10.1 Å². The predicted molar refractivity (Wildman–Crippen MR) is 101 cm³/mol. The third-order valence-electron chi connectivity index (χ3n) is 3.40. The Hall–Kier alpha value is -3.23. The summed E-state index contributed by atoms with van der Waals surface area (Å²) in [6.45, 7) is 5.11. The first-order valence-corrected chi connectivity index (χ1v) is 8.65. The molecule has 29 heavy (non-hydrogen) atoms. The Labute approximate surface area is 166 Å². The lowest BCUT2D eigenvalue weighted by Crippen LogP contribution is -2.29. The second kappa shape index (κ2) is 8.85. The smallest absolute Gasteiger partial charge is 0.444 e. The van der Waals surface area contributed by atoms with E-state index in [2.05, 4.69) is 15.4 Å². The number of alkyl halides is 3. The van der Waals surface area contributed by atoms with Gasteiger partial charge in [0.2, 0.25) is 0 Å². The van der Waals surface area contributed by atoms with Gasteiger partial charge in [0.05, 0.1) is 11.3 Å². The van der Waals surface area contributed by atoms with Crippen LogP contribution in [-0.4, -0.2) is 24.0 Å². The standard InChI is InChI=1S/C20H21F3N2O4/c1-19(2,3)29-18(27)25-16-10-9-14(28-20(21,22)23)11-15(16)17(26)24-12-13-7-5-4-6-8-13/h4-11H,12H2,1-3H3,(H,24,26)(H,25,27). The summed E-state index contributed by atoms with van der Waals surface area (Å²) in [5.41, 5.74) is -0.211. The molecule has 0 unspecified atom stereocenters. The molecular formula is C20H21F3N2O4. The fraction of sp³-hybridized carbons (Fsp3) is 0.300. The highest BCUT2D eigenvalue weighted by atomic mass is 19.4. The molecule has 6 nitrogen and oxygen atoms in total. The second-order valence-corrected chi connectivity index (χ2v) is 7.05. The topological polar surface area (TPSA) is 76.7 Å². The number of hydrogen-bond donors (Lipinski definition) is 2. The molecule has 0 bridgehead atoms. The van der Waals surface area contributed by atoms with Gasteiger partial charge in [-0.15, -0.1) is 13.2 Å². The van der Waals surface area contributed by atoms with Crippen LogP contribution in [-0.2, 0) is 11.3 Å². The quantitative estimate of drug-likeness (QED) is 0.738. The average Bonchev–Trinajstić information content (AvgIpc) is 2.59. The molecule has 0 aromatic heterocycles. The van der Waals surface area contributed by atoms with Gasteiger partial charge in [-0.05, 0) is 44.5 Å². The summed E-state index contributed by atoms with van der Waals surface area (Å²) >= 11 is 0. The number of carbonyl (C=O) groups excluding carboxylic acids is 2. The summed E-state index contributed by atoms with van der Waals surface area (Å²) in [6, 6.07) is 12.0. The molecule has 0 aliphatic heterocycles. The van der Waals surface area contributed by atoms with E-state index in [-0.39, 0.29) is 17.8 Å². The molecule has 156 valence electrons. The molecule has 0 radical (unpaired) electrons. The van der Waals surface area contributed by atoms with Crippen molar-refractivity contribution in [1.29, 1.82) is 0 Å². The Morgan fingerprint density at radius 3 is 2.24 bits per heavy atom. The van der Waals surface area contributed by atoms with Crippen molar-refractivity contribution in [1.82, 2.24) is 5.32 Å². The molecule has 2 aromatic rings. The van der Waals surface area contributed by atoms with Crippen LogP contribution in [0.25, 0.3) is 0 Å². The lowest BCUT2D eigenvalue weighted by atomic mass is 10.1. The molecule has 0 aliphatic rings. The minimum Gasteiger partial charge on any atom is -0.444 e. The predicted octanol–water partition coefficient (Wildman–Crippen LogP) is 4.86. The van der Waals surface area contributed by atoms with Gasteiger partial charge in [0.25, 0.3) is 5.91 Å². The molecule has 0 saturated heterocycles. The highest BCUT2D eigenvalue weighted by Gasteiger charge is 2.31. The van der Waals surface area contributed by atoms with Crippen LogP contribution < -0.4 is 15.4 Å². The molecule has 2 amide bonds. The number of carbonyl (C=O) groups is 2. The number of ether oxygens (including phenoxy) is 2. The number of rotatable bonds is 5. The Morgan fingerprint density at radius 2 is 1.66 bits per heavy atom. The maximum Gasteiger partial charge on any atom is 0.573 e. The number of hydrogen-bond acceptors (Lipinski definition) is 4.